The molecule has 0 aliphatic carbocycles. The molecule has 3 aromatic carbocycles. The molecule has 266 valence electrons. The first-order valence-corrected chi connectivity index (χ1v) is 18.6. The van der Waals surface area contributed by atoms with Crippen molar-refractivity contribution in [3.8, 4) is 5.75 Å². The third kappa shape index (κ3) is 12.1. The van der Waals surface area contributed by atoms with Crippen molar-refractivity contribution in [2.45, 2.75) is 70.1 Å². The predicted molar refractivity (Wildman–Crippen MR) is 184 cm³/mol. The average Bonchev–Trinajstić information content (AvgIpc) is 3.65. The summed E-state index contributed by atoms with van der Waals surface area (Å²) in [6, 6.07) is 17.9. The van der Waals surface area contributed by atoms with Crippen molar-refractivity contribution in [3.63, 3.8) is 0 Å². The third-order valence-corrected chi connectivity index (χ3v) is 9.90. The van der Waals surface area contributed by atoms with E-state index in [-0.39, 0.29) is 17.7 Å². The van der Waals surface area contributed by atoms with E-state index in [4.69, 9.17) is 14.6 Å². The molecular weight excluding hydrogens is 676 g/mol. The average molecular weight is 719 g/mol. The molecule has 15 heteroatoms. The molecule has 12 nitrogen and oxygen atoms in total. The van der Waals surface area contributed by atoms with Gasteiger partial charge in [-0.3, -0.25) is 14.3 Å². The largest absolute Gasteiger partial charge is 0.497 e. The van der Waals surface area contributed by atoms with Crippen LogP contribution < -0.4 is 14.2 Å². The fraction of sp³-hybridized carbons (Fsp3) is 0.324. The van der Waals surface area contributed by atoms with Crippen molar-refractivity contribution in [2.75, 3.05) is 7.11 Å². The zero-order valence-corrected chi connectivity index (χ0v) is 29.9. The zero-order chi connectivity index (χ0) is 36.8. The van der Waals surface area contributed by atoms with Gasteiger partial charge in [-0.25, -0.2) is 30.9 Å². The highest BCUT2D eigenvalue weighted by molar-refractivity contribution is 7.90. The Morgan fingerprint density at radius 3 is 2.16 bits per heavy atom. The lowest BCUT2D eigenvalue weighted by molar-refractivity contribution is -0.134. The van der Waals surface area contributed by atoms with Crippen LogP contribution in [-0.4, -0.2) is 50.9 Å². The molecule has 2 atom stereocenters. The third-order valence-electron chi connectivity index (χ3n) is 6.73. The molecule has 0 radical (unpaired) electrons. The summed E-state index contributed by atoms with van der Waals surface area (Å²) < 4.78 is 74.6. The second kappa shape index (κ2) is 18.8. The van der Waals surface area contributed by atoms with E-state index in [9.17, 15) is 26.0 Å². The van der Waals surface area contributed by atoms with Crippen LogP contribution in [0, 0.1) is 5.82 Å². The number of carboxylic acid groups (broad SMARTS) is 1. The summed E-state index contributed by atoms with van der Waals surface area (Å²) in [7, 11) is -6.35. The van der Waals surface area contributed by atoms with Crippen LogP contribution in [0.3, 0.4) is 0 Å². The highest BCUT2D eigenvalue weighted by atomic mass is 32.2. The number of aromatic amines is 1. The monoisotopic (exact) mass is 718 g/mol. The van der Waals surface area contributed by atoms with Crippen LogP contribution in [0.15, 0.2) is 83.9 Å². The minimum absolute atomic E-state index is 0.152. The van der Waals surface area contributed by atoms with Crippen molar-refractivity contribution in [1.82, 2.24) is 19.4 Å². The molecule has 1 aliphatic rings. The number of rotatable bonds is 10. The highest BCUT2D eigenvalue weighted by Crippen LogP contribution is 2.31. The van der Waals surface area contributed by atoms with Crippen molar-refractivity contribution in [2.24, 2.45) is 0 Å². The fourth-order valence-electron chi connectivity index (χ4n) is 4.64. The Balaban J connectivity index is 0.000000956. The Kier molecular flexibility index (Phi) is 15.6. The van der Waals surface area contributed by atoms with E-state index in [1.54, 1.807) is 37.6 Å². The maximum absolute atomic E-state index is 13.8. The minimum atomic E-state index is -4.14. The number of H-pyrrole nitrogens is 1. The van der Waals surface area contributed by atoms with Crippen molar-refractivity contribution >= 4 is 31.9 Å². The van der Waals surface area contributed by atoms with Gasteiger partial charge in [-0.15, -0.1) is 0 Å². The maximum atomic E-state index is 13.8. The number of benzene rings is 3. The van der Waals surface area contributed by atoms with Crippen LogP contribution in [0.1, 0.15) is 80.5 Å². The molecule has 2 unspecified atom stereocenters. The first kappa shape index (κ1) is 40.6. The second-order valence-electron chi connectivity index (χ2n) is 10.2. The Labute approximate surface area is 287 Å². The van der Waals surface area contributed by atoms with Crippen LogP contribution in [0.25, 0.3) is 0 Å². The standard InChI is InChI=1S/C28H27FN4O6S2.C2H4O2.2C2H6/c1-39-23-11-7-18(8-12-23)13-22-17-30-28(31-22)25(32-40(35,36)24-4-2-3-21(29)15-24)14-19-5-9-20(10-6-19)26-16-27(34)33-41(26,37)38;1-2(3)4;2*1-2/h2-12,15,17,25-26,32H,13-14,16H2,1H3,(H,30,31)(H,33,34);1H3,(H,3,4);2*1-2H3. The molecule has 1 aromatic heterocycles. The highest BCUT2D eigenvalue weighted by Gasteiger charge is 2.37. The van der Waals surface area contributed by atoms with Crippen LogP contribution in [0.4, 0.5) is 4.39 Å². The number of halogens is 1. The molecule has 0 bridgehead atoms. The van der Waals surface area contributed by atoms with Gasteiger partial charge in [0.25, 0.3) is 5.97 Å². The number of ether oxygens (including phenoxy) is 1. The van der Waals surface area contributed by atoms with E-state index in [2.05, 4.69) is 14.7 Å². The molecule has 1 amide bonds. The molecule has 4 N–H and O–H groups in total. The zero-order valence-electron chi connectivity index (χ0n) is 28.2. The Morgan fingerprint density at radius 1 is 1.04 bits per heavy atom. The van der Waals surface area contributed by atoms with Gasteiger partial charge in [-0.05, 0) is 53.4 Å². The summed E-state index contributed by atoms with van der Waals surface area (Å²) in [5, 5.41) is 6.43. The van der Waals surface area contributed by atoms with E-state index in [0.717, 1.165) is 36.1 Å². The summed E-state index contributed by atoms with van der Waals surface area (Å²) in [6.07, 6.45) is 2.12. The predicted octanol–water partition coefficient (Wildman–Crippen LogP) is 5.44. The second-order valence-corrected chi connectivity index (χ2v) is 13.8. The van der Waals surface area contributed by atoms with Gasteiger partial charge in [0.05, 0.1) is 24.5 Å². The topological polar surface area (TPSA) is 185 Å². The number of hydrogen-bond acceptors (Lipinski definition) is 8. The molecule has 2 heterocycles. The first-order valence-electron chi connectivity index (χ1n) is 15.5. The lowest BCUT2D eigenvalue weighted by Gasteiger charge is -2.18. The molecule has 1 aliphatic heterocycles. The number of carbonyl (C=O) groups excluding carboxylic acids is 1. The summed E-state index contributed by atoms with van der Waals surface area (Å²) in [5.41, 5.74) is 2.87. The molecule has 4 aromatic rings. The van der Waals surface area contributed by atoms with Crippen molar-refractivity contribution in [3.05, 3.63) is 113 Å². The molecule has 0 spiro atoms. The van der Waals surface area contributed by atoms with Gasteiger partial charge in [0.1, 0.15) is 22.6 Å². The van der Waals surface area contributed by atoms with Crippen molar-refractivity contribution < 1.29 is 40.7 Å². The van der Waals surface area contributed by atoms with E-state index < -0.39 is 49.0 Å². The molecule has 49 heavy (non-hydrogen) atoms. The van der Waals surface area contributed by atoms with Gasteiger partial charge >= 0.3 is 0 Å². The Morgan fingerprint density at radius 2 is 1.63 bits per heavy atom. The smallest absolute Gasteiger partial charge is 0.300 e. The van der Waals surface area contributed by atoms with Gasteiger partial charge in [0.2, 0.25) is 26.0 Å². The lowest BCUT2D eigenvalue weighted by atomic mass is 10.0. The van der Waals surface area contributed by atoms with Gasteiger partial charge in [0, 0.05) is 25.2 Å². The van der Waals surface area contributed by atoms with E-state index in [1.807, 2.05) is 56.7 Å². The number of amides is 1. The number of carboxylic acids is 1. The van der Waals surface area contributed by atoms with Crippen LogP contribution in [0.2, 0.25) is 0 Å². The normalized spacial score (nSPS) is 15.2. The lowest BCUT2D eigenvalue weighted by Crippen LogP contribution is -2.31. The van der Waals surface area contributed by atoms with Crippen LogP contribution >= 0.6 is 0 Å². The number of imidazole rings is 1. The van der Waals surface area contributed by atoms with Gasteiger partial charge in [-0.1, -0.05) is 70.2 Å². The number of nitrogens with zero attached hydrogens (tertiary/aromatic N) is 1. The summed E-state index contributed by atoms with van der Waals surface area (Å²) >= 11 is 0. The summed E-state index contributed by atoms with van der Waals surface area (Å²) in [4.78, 5) is 28.0. The Bertz CT molecular complexity index is 1880. The molecular formula is C34H43FN4O8S2. The molecule has 0 saturated carbocycles. The molecule has 5 rings (SSSR count). The molecule has 1 fully saturated rings. The van der Waals surface area contributed by atoms with Crippen LogP contribution in [0.5, 0.6) is 5.75 Å². The quantitative estimate of drug-likeness (QED) is 0.166. The fourth-order valence-corrected chi connectivity index (χ4v) is 7.30. The van der Waals surface area contributed by atoms with E-state index in [0.29, 0.717) is 23.4 Å². The summed E-state index contributed by atoms with van der Waals surface area (Å²) in [5.74, 6) is -1.00. The molecule has 1 saturated heterocycles. The maximum Gasteiger partial charge on any atom is 0.300 e. The number of carbonyl (C=O) groups is 2. The number of aromatic nitrogens is 2. The number of nitrogens with one attached hydrogen (secondary N) is 3. The van der Waals surface area contributed by atoms with Gasteiger partial charge in [0.15, 0.2) is 0 Å². The van der Waals surface area contributed by atoms with Gasteiger partial charge < -0.3 is 14.8 Å². The number of sulfonamides is 2. The first-order chi connectivity index (χ1) is 23.3. The van der Waals surface area contributed by atoms with E-state index in [1.165, 1.54) is 12.1 Å². The SMILES string of the molecule is CC.CC.CC(=O)O.COc1ccc(Cc2cnc(C(Cc3ccc(C4CC(=O)NS4(=O)=O)cc3)NS(=O)(=O)c3cccc(F)c3)[nH]2)cc1. The number of hydrogen-bond donors (Lipinski definition) is 4. The minimum Gasteiger partial charge on any atom is -0.497 e. The van der Waals surface area contributed by atoms with E-state index >= 15 is 0 Å². The summed E-state index contributed by atoms with van der Waals surface area (Å²) in [6.45, 7) is 9.08. The Hall–Kier alpha value is -4.60. The number of aliphatic carboxylic acids is 1. The van der Waals surface area contributed by atoms with Gasteiger partial charge in [-0.2, -0.15) is 0 Å². The van der Waals surface area contributed by atoms with Crippen molar-refractivity contribution in [1.29, 1.82) is 0 Å². The van der Waals surface area contributed by atoms with Crippen LogP contribution in [-0.2, 0) is 42.5 Å². The number of methoxy groups -OCH3 is 1.